The number of nitrogens with one attached hydrogen (secondary N) is 3. The van der Waals surface area contributed by atoms with Gasteiger partial charge in [0.05, 0.1) is 40.7 Å². The van der Waals surface area contributed by atoms with Crippen LogP contribution < -0.4 is 36.0 Å². The molecule has 4 aromatic rings. The van der Waals surface area contributed by atoms with Gasteiger partial charge in [-0.3, -0.25) is 43.9 Å². The summed E-state index contributed by atoms with van der Waals surface area (Å²) in [5.74, 6) is -1.23. The Kier molecular flexibility index (Phi) is 12.0. The van der Waals surface area contributed by atoms with Gasteiger partial charge < -0.3 is 34.5 Å². The fourth-order valence-corrected chi connectivity index (χ4v) is 9.65. The van der Waals surface area contributed by atoms with E-state index in [9.17, 15) is 28.8 Å². The number of benzene rings is 2. The highest BCUT2D eigenvalue weighted by molar-refractivity contribution is 6.33. The number of hydrogen-bond acceptors (Lipinski definition) is 14. The molecule has 18 nitrogen and oxygen atoms in total. The van der Waals surface area contributed by atoms with Crippen LogP contribution in [0.25, 0.3) is 10.9 Å². The highest BCUT2D eigenvalue weighted by Gasteiger charge is 2.46. The average Bonchev–Trinajstić information content (AvgIpc) is 3.53. The van der Waals surface area contributed by atoms with Gasteiger partial charge in [0.15, 0.2) is 18.2 Å². The molecule has 5 aliphatic rings. The molecule has 2 aromatic carbocycles. The number of piperidine rings is 3. The molecule has 4 saturated heterocycles. The van der Waals surface area contributed by atoms with Crippen molar-refractivity contribution in [3.8, 4) is 5.75 Å². The number of likely N-dealkylation sites (tertiary alicyclic amines) is 1. The first kappa shape index (κ1) is 43.2. The molecule has 1 unspecified atom stereocenters. The van der Waals surface area contributed by atoms with E-state index in [2.05, 4.69) is 35.6 Å². The van der Waals surface area contributed by atoms with Gasteiger partial charge in [0, 0.05) is 75.9 Å². The molecule has 0 saturated carbocycles. The average molecular weight is 895 g/mol. The highest BCUT2D eigenvalue weighted by atomic mass is 35.5. The van der Waals surface area contributed by atoms with Gasteiger partial charge in [-0.05, 0) is 82.3 Å². The summed E-state index contributed by atoms with van der Waals surface area (Å²) in [7, 11) is 1.51. The Morgan fingerprint density at radius 2 is 1.67 bits per heavy atom. The van der Waals surface area contributed by atoms with Crippen LogP contribution in [0.5, 0.6) is 5.75 Å². The molecule has 0 radical (unpaired) electrons. The van der Waals surface area contributed by atoms with Crippen molar-refractivity contribution in [2.24, 2.45) is 0 Å². The van der Waals surface area contributed by atoms with E-state index in [1.54, 1.807) is 29.0 Å². The number of anilines is 4. The zero-order chi connectivity index (χ0) is 44.8. The molecule has 5 amide bonds. The van der Waals surface area contributed by atoms with Gasteiger partial charge in [-0.1, -0.05) is 17.7 Å². The van der Waals surface area contributed by atoms with E-state index in [0.717, 1.165) is 80.8 Å². The second kappa shape index (κ2) is 17.8. The summed E-state index contributed by atoms with van der Waals surface area (Å²) in [5.41, 5.74) is 2.46. The maximum Gasteiger partial charge on any atom is 0.293 e. The zero-order valence-electron chi connectivity index (χ0n) is 36.0. The number of nitrogens with zero attached hydrogens (tertiary/aromatic N) is 7. The van der Waals surface area contributed by atoms with E-state index >= 15 is 0 Å². The lowest BCUT2D eigenvalue weighted by atomic mass is 9.96. The van der Waals surface area contributed by atoms with Gasteiger partial charge in [-0.15, -0.1) is 0 Å². The molecule has 3 N–H and O–H groups in total. The first-order valence-electron chi connectivity index (χ1n) is 21.9. The Morgan fingerprint density at radius 3 is 2.39 bits per heavy atom. The van der Waals surface area contributed by atoms with Crippen molar-refractivity contribution in [3.63, 3.8) is 0 Å². The number of aromatic nitrogens is 3. The smallest absolute Gasteiger partial charge is 0.293 e. The van der Waals surface area contributed by atoms with Gasteiger partial charge in [0.25, 0.3) is 23.3 Å². The van der Waals surface area contributed by atoms with E-state index in [1.807, 2.05) is 38.1 Å². The van der Waals surface area contributed by atoms with Gasteiger partial charge in [0.1, 0.15) is 11.1 Å². The van der Waals surface area contributed by atoms with Crippen LogP contribution in [0.4, 0.5) is 23.1 Å². The minimum Gasteiger partial charge on any atom is -0.478 e. The van der Waals surface area contributed by atoms with Crippen molar-refractivity contribution in [2.45, 2.75) is 82.7 Å². The molecule has 9 rings (SSSR count). The number of rotatable bonds is 12. The summed E-state index contributed by atoms with van der Waals surface area (Å²) in [6, 6.07) is 11.8. The number of likely N-dealkylation sites (N-methyl/N-ethyl adjacent to an activating group) is 1. The second-order valence-corrected chi connectivity index (χ2v) is 17.7. The molecular weight excluding hydrogens is 844 g/mol. The van der Waals surface area contributed by atoms with Crippen molar-refractivity contribution in [1.82, 2.24) is 35.0 Å². The lowest BCUT2D eigenvalue weighted by Gasteiger charge is -2.48. The number of halogens is 1. The Bertz CT molecular complexity index is 2580. The number of imide groups is 2. The third-order valence-corrected chi connectivity index (χ3v) is 13.2. The van der Waals surface area contributed by atoms with Crippen LogP contribution in [0.2, 0.25) is 5.02 Å². The van der Waals surface area contributed by atoms with Crippen LogP contribution in [0, 0.1) is 0 Å². The maximum absolute atomic E-state index is 13.7. The summed E-state index contributed by atoms with van der Waals surface area (Å²) in [5, 5.41) is 9.18. The minimum atomic E-state index is -0.994. The van der Waals surface area contributed by atoms with Crippen LogP contribution in [-0.4, -0.2) is 131 Å². The molecule has 0 bridgehead atoms. The topological polar surface area (TPSA) is 201 Å². The molecule has 19 heteroatoms. The lowest BCUT2D eigenvalue weighted by Crippen LogP contribution is -2.59. The number of pyridine rings is 1. The molecule has 1 atom stereocenters. The van der Waals surface area contributed by atoms with Crippen LogP contribution in [0.1, 0.15) is 79.1 Å². The largest absolute Gasteiger partial charge is 0.478 e. The minimum absolute atomic E-state index is 0.0803. The number of ether oxygens (including phenoxy) is 2. The van der Waals surface area contributed by atoms with E-state index in [1.165, 1.54) is 7.05 Å². The van der Waals surface area contributed by atoms with Crippen molar-refractivity contribution in [3.05, 3.63) is 75.2 Å². The molecule has 0 spiro atoms. The van der Waals surface area contributed by atoms with Crippen LogP contribution in [0.15, 0.2) is 53.5 Å². The van der Waals surface area contributed by atoms with Crippen molar-refractivity contribution < 1.29 is 33.4 Å². The Hall–Kier alpha value is -6.11. The number of amides is 5. The number of hydrogen-bond donors (Lipinski definition) is 3. The molecule has 4 fully saturated rings. The predicted octanol–water partition coefficient (Wildman–Crippen LogP) is 3.63. The summed E-state index contributed by atoms with van der Waals surface area (Å²) in [4.78, 5) is 93.6. The summed E-state index contributed by atoms with van der Waals surface area (Å²) in [6.45, 7) is 8.20. The van der Waals surface area contributed by atoms with E-state index in [4.69, 9.17) is 26.1 Å². The molecule has 2 aromatic heterocycles. The Balaban J connectivity index is 0.757. The molecule has 7 heterocycles. The lowest BCUT2D eigenvalue weighted by molar-refractivity contribution is -0.136. The van der Waals surface area contributed by atoms with Gasteiger partial charge in [0.2, 0.25) is 17.8 Å². The number of carbonyl (C=O) groups is 5. The zero-order valence-corrected chi connectivity index (χ0v) is 36.7. The fraction of sp³-hybridized carbons (Fsp3) is 0.467. The monoisotopic (exact) mass is 894 g/mol. The van der Waals surface area contributed by atoms with Crippen LogP contribution >= 0.6 is 11.6 Å². The predicted molar refractivity (Wildman–Crippen MR) is 239 cm³/mol. The van der Waals surface area contributed by atoms with Crippen LogP contribution in [0.3, 0.4) is 0 Å². The highest BCUT2D eigenvalue weighted by Crippen LogP contribution is 2.37. The first-order valence-corrected chi connectivity index (χ1v) is 22.3. The van der Waals surface area contributed by atoms with Gasteiger partial charge in [-0.25, -0.2) is 4.98 Å². The molecule has 5 aliphatic heterocycles. The Morgan fingerprint density at radius 1 is 0.922 bits per heavy atom. The number of fused-ring (bicyclic) bond motifs is 2. The van der Waals surface area contributed by atoms with Gasteiger partial charge >= 0.3 is 0 Å². The van der Waals surface area contributed by atoms with Crippen molar-refractivity contribution >= 4 is 75.2 Å². The normalized spacial score (nSPS) is 20.2. The molecular formula is C45H51ClN10O8. The second-order valence-electron chi connectivity index (χ2n) is 17.3. The summed E-state index contributed by atoms with van der Waals surface area (Å²) >= 11 is 6.59. The van der Waals surface area contributed by atoms with Gasteiger partial charge in [-0.2, -0.15) is 4.98 Å². The molecule has 0 aliphatic carbocycles. The molecule has 336 valence electrons. The first-order chi connectivity index (χ1) is 30.9. The third-order valence-electron chi connectivity index (χ3n) is 12.9. The van der Waals surface area contributed by atoms with Crippen molar-refractivity contribution in [1.29, 1.82) is 0 Å². The quantitative estimate of drug-likeness (QED) is 0.174. The summed E-state index contributed by atoms with van der Waals surface area (Å²) < 4.78 is 13.8. The number of carbonyl (C=O) groups excluding carboxylic acids is 5. The fourth-order valence-electron chi connectivity index (χ4n) is 9.51. The van der Waals surface area contributed by atoms with E-state index < -0.39 is 29.7 Å². The Labute approximate surface area is 374 Å². The molecule has 64 heavy (non-hydrogen) atoms. The van der Waals surface area contributed by atoms with Crippen LogP contribution in [-0.2, 0) is 19.1 Å². The SMILES string of the molecule is CNC(=O)COc1cc2cc(Nc3nc(N4CCC(OC5CN(C6CCN(c7cccc8c7C(=O)N(C7CCC(=O)NC7=O)C8=O)CC6)C5)CC4)ncc3Cl)ccc2n(C(C)C)c1=O. The summed E-state index contributed by atoms with van der Waals surface area (Å²) in [6.07, 6.45) is 5.56. The third kappa shape index (κ3) is 8.36. The standard InChI is InChI=1S/C45H51ClN10O8/c1-25(2)55-33-8-7-27(19-26(33)20-36(43(55)61)63-24-38(58)47-3)49-40-32(46)21-48-45(51-40)53-17-13-29(14-18-53)64-30-22-54(23-30)28-11-15-52(16-12-28)34-6-4-5-31-39(34)44(62)56(42(31)60)35-9-10-37(57)50-41(35)59/h4-8,19-21,25,28-30,35H,9-18,22-24H2,1-3H3,(H,47,58)(H,48,49,51)(H,50,57,59). The van der Waals surface area contributed by atoms with E-state index in [0.29, 0.717) is 45.3 Å². The van der Waals surface area contributed by atoms with E-state index in [-0.39, 0.29) is 54.9 Å². The van der Waals surface area contributed by atoms with Crippen molar-refractivity contribution in [2.75, 3.05) is 68.0 Å². The maximum atomic E-state index is 13.7.